The molecule has 0 saturated heterocycles. The zero-order valence-corrected chi connectivity index (χ0v) is 21.1. The third-order valence-electron chi connectivity index (χ3n) is 5.23. The Morgan fingerprint density at radius 3 is 2.18 bits per heavy atom. The number of halogens is 4. The Morgan fingerprint density at radius 2 is 1.55 bits per heavy atom. The minimum atomic E-state index is -2.95. The molecule has 0 unspecified atom stereocenters. The lowest BCUT2D eigenvalue weighted by Gasteiger charge is -2.12. The third kappa shape index (κ3) is 5.97. The Balaban J connectivity index is 1.85. The Hall–Kier alpha value is -4.32. The molecule has 0 atom stereocenters. The van der Waals surface area contributed by atoms with Crippen molar-refractivity contribution in [3.8, 4) is 34.3 Å². The molecule has 0 saturated carbocycles. The molecule has 0 spiro atoms. The van der Waals surface area contributed by atoms with Gasteiger partial charge in [0.15, 0.2) is 17.3 Å². The van der Waals surface area contributed by atoms with Gasteiger partial charge in [0.05, 0.1) is 33.2 Å². The van der Waals surface area contributed by atoms with Crippen molar-refractivity contribution in [2.45, 2.75) is 6.61 Å². The number of nitrogens with zero attached hydrogens (tertiary/aromatic N) is 3. The van der Waals surface area contributed by atoms with E-state index >= 15 is 0 Å². The number of ether oxygens (including phenoxy) is 4. The maximum atomic E-state index is 14.4. The lowest BCUT2D eigenvalue weighted by atomic mass is 10.1. The predicted octanol–water partition coefficient (Wildman–Crippen LogP) is 6.24. The zero-order valence-electron chi connectivity index (χ0n) is 20.3. The number of methoxy groups -OCH3 is 3. The number of rotatable bonds is 9. The molecule has 1 heterocycles. The molecule has 0 aliphatic heterocycles. The van der Waals surface area contributed by atoms with Crippen molar-refractivity contribution in [2.75, 3.05) is 21.3 Å². The summed E-state index contributed by atoms with van der Waals surface area (Å²) in [7, 11) is 4.48. The molecule has 0 N–H and O–H groups in total. The van der Waals surface area contributed by atoms with Crippen molar-refractivity contribution < 1.29 is 36.5 Å². The molecule has 0 aliphatic rings. The van der Waals surface area contributed by atoms with Gasteiger partial charge in [-0.25, -0.2) is 18.4 Å². The number of aromatic nitrogens is 1. The summed E-state index contributed by atoms with van der Waals surface area (Å²) < 4.78 is 74.9. The molecule has 198 valence electrons. The zero-order chi connectivity index (χ0) is 27.2. The first-order chi connectivity index (χ1) is 18.3. The molecule has 3 aromatic carbocycles. The molecule has 0 bridgehead atoms. The van der Waals surface area contributed by atoms with Crippen LogP contribution < -0.4 is 23.7 Å². The van der Waals surface area contributed by atoms with E-state index in [2.05, 4.69) is 14.8 Å². The lowest BCUT2D eigenvalue weighted by molar-refractivity contribution is -0.0498. The first kappa shape index (κ1) is 26.7. The summed E-state index contributed by atoms with van der Waals surface area (Å²) in [6, 6.07) is 12.3. The fourth-order valence-electron chi connectivity index (χ4n) is 3.44. The average molecular weight is 548 g/mol. The van der Waals surface area contributed by atoms with E-state index in [1.54, 1.807) is 29.6 Å². The molecule has 1 aromatic heterocycles. The minimum Gasteiger partial charge on any atom is -0.496 e. The van der Waals surface area contributed by atoms with Crippen molar-refractivity contribution in [3.63, 3.8) is 0 Å². The van der Waals surface area contributed by atoms with Crippen LogP contribution in [0.1, 0.15) is 5.56 Å². The van der Waals surface area contributed by atoms with E-state index < -0.39 is 18.2 Å². The molecule has 4 aromatic rings. The highest BCUT2D eigenvalue weighted by Gasteiger charge is 2.13. The molecule has 7 nitrogen and oxygen atoms in total. The van der Waals surface area contributed by atoms with Crippen LogP contribution in [-0.4, -0.2) is 38.8 Å². The lowest BCUT2D eigenvalue weighted by Crippen LogP contribution is -2.12. The fourth-order valence-corrected chi connectivity index (χ4v) is 4.29. The van der Waals surface area contributed by atoms with Crippen molar-refractivity contribution in [2.24, 2.45) is 10.1 Å². The molecule has 38 heavy (non-hydrogen) atoms. The summed E-state index contributed by atoms with van der Waals surface area (Å²) in [6.45, 7) is -2.95. The highest BCUT2D eigenvalue weighted by Crippen LogP contribution is 2.34. The van der Waals surface area contributed by atoms with E-state index in [4.69, 9.17) is 14.2 Å². The van der Waals surface area contributed by atoms with E-state index in [9.17, 15) is 17.6 Å². The normalized spacial score (nSPS) is 11.8. The van der Waals surface area contributed by atoms with Crippen molar-refractivity contribution >= 4 is 23.2 Å². The average Bonchev–Trinajstić information content (AvgIpc) is 3.30. The second kappa shape index (κ2) is 11.8. The largest absolute Gasteiger partial charge is 0.496 e. The van der Waals surface area contributed by atoms with E-state index in [-0.39, 0.29) is 16.2 Å². The Kier molecular flexibility index (Phi) is 8.31. The van der Waals surface area contributed by atoms with Crippen LogP contribution in [0.5, 0.6) is 23.0 Å². The number of alkyl halides is 2. The predicted molar refractivity (Wildman–Crippen MR) is 135 cm³/mol. The maximum Gasteiger partial charge on any atom is 0.387 e. The number of hydrogen-bond acceptors (Lipinski definition) is 7. The second-order valence-corrected chi connectivity index (χ2v) is 8.36. The van der Waals surface area contributed by atoms with E-state index in [1.165, 1.54) is 50.4 Å². The van der Waals surface area contributed by atoms with Crippen LogP contribution in [0.4, 0.5) is 23.2 Å². The van der Waals surface area contributed by atoms with Crippen LogP contribution in [0.25, 0.3) is 11.3 Å². The van der Waals surface area contributed by atoms with Gasteiger partial charge in [0.2, 0.25) is 4.80 Å². The summed E-state index contributed by atoms with van der Waals surface area (Å²) in [4.78, 5) is 4.59. The Bertz CT molecular complexity index is 1520. The highest BCUT2D eigenvalue weighted by molar-refractivity contribution is 7.07. The Morgan fingerprint density at radius 1 is 0.868 bits per heavy atom. The summed E-state index contributed by atoms with van der Waals surface area (Å²) in [5, 5.41) is 6.27. The fraction of sp³-hybridized carbons (Fsp3) is 0.154. The first-order valence-electron chi connectivity index (χ1n) is 10.9. The molecular weight excluding hydrogens is 526 g/mol. The molecule has 4 rings (SSSR count). The topological polar surface area (TPSA) is 66.6 Å². The summed E-state index contributed by atoms with van der Waals surface area (Å²) in [6.07, 6.45) is 1.49. The number of benzene rings is 3. The van der Waals surface area contributed by atoms with Gasteiger partial charge in [-0.05, 0) is 42.5 Å². The molecular formula is C26H21F4N3O4S. The van der Waals surface area contributed by atoms with Crippen molar-refractivity contribution in [1.82, 2.24) is 4.68 Å². The van der Waals surface area contributed by atoms with Crippen LogP contribution in [0.15, 0.2) is 70.1 Å². The van der Waals surface area contributed by atoms with Gasteiger partial charge in [-0.15, -0.1) is 11.3 Å². The van der Waals surface area contributed by atoms with Crippen molar-refractivity contribution in [3.05, 3.63) is 82.0 Å². The van der Waals surface area contributed by atoms with Gasteiger partial charge in [-0.1, -0.05) is 0 Å². The molecule has 0 amide bonds. The van der Waals surface area contributed by atoms with Crippen LogP contribution in [0.3, 0.4) is 0 Å². The molecule has 12 heteroatoms. The highest BCUT2D eigenvalue weighted by atomic mass is 32.1. The van der Waals surface area contributed by atoms with Crippen molar-refractivity contribution in [1.29, 1.82) is 0 Å². The van der Waals surface area contributed by atoms with E-state index in [0.717, 1.165) is 23.5 Å². The summed E-state index contributed by atoms with van der Waals surface area (Å²) in [5.74, 6) is -0.240. The smallest absolute Gasteiger partial charge is 0.387 e. The van der Waals surface area contributed by atoms with Gasteiger partial charge in [0.25, 0.3) is 0 Å². The maximum absolute atomic E-state index is 14.4. The van der Waals surface area contributed by atoms with E-state index in [0.29, 0.717) is 34.1 Å². The number of thiazole rings is 1. The van der Waals surface area contributed by atoms with Gasteiger partial charge >= 0.3 is 6.61 Å². The van der Waals surface area contributed by atoms with Crippen LogP contribution in [0.2, 0.25) is 0 Å². The van der Waals surface area contributed by atoms with Gasteiger partial charge in [-0.3, -0.25) is 0 Å². The van der Waals surface area contributed by atoms with Crippen LogP contribution in [-0.2, 0) is 0 Å². The van der Waals surface area contributed by atoms with Gasteiger partial charge in [-0.2, -0.15) is 13.9 Å². The SMILES string of the molecule is COc1cc(OC)c(OC)cc1C=Nn1c(-c2ccc(OC(F)F)cc2)csc1=Nc1ccc(F)cc1F. The standard InChI is InChI=1S/C26H21F4N3O4S/c1-34-22-12-24(36-3)23(35-2)10-16(22)13-31-33-21(15-4-7-18(8-5-15)37-25(29)30)14-38-26(33)32-20-9-6-17(27)11-19(20)28/h4-14,25H,1-3H3. The van der Waals surface area contributed by atoms with Gasteiger partial charge in [0.1, 0.15) is 23.0 Å². The van der Waals surface area contributed by atoms with Gasteiger partial charge < -0.3 is 18.9 Å². The quantitative estimate of drug-likeness (QED) is 0.184. The molecule has 0 aliphatic carbocycles. The first-order valence-corrected chi connectivity index (χ1v) is 11.8. The molecule has 0 fully saturated rings. The summed E-state index contributed by atoms with van der Waals surface area (Å²) in [5.41, 5.74) is 1.57. The minimum absolute atomic E-state index is 0.0117. The van der Waals surface area contributed by atoms with Crippen LogP contribution in [0, 0.1) is 11.6 Å². The monoisotopic (exact) mass is 547 g/mol. The molecule has 0 radical (unpaired) electrons. The van der Waals surface area contributed by atoms with E-state index in [1.807, 2.05) is 0 Å². The summed E-state index contributed by atoms with van der Waals surface area (Å²) >= 11 is 1.15. The van der Waals surface area contributed by atoms with Gasteiger partial charge in [0, 0.05) is 28.6 Å². The second-order valence-electron chi connectivity index (χ2n) is 7.52. The Labute approximate surface area is 218 Å². The third-order valence-corrected chi connectivity index (χ3v) is 6.05. The van der Waals surface area contributed by atoms with Crippen LogP contribution >= 0.6 is 11.3 Å². The number of hydrogen-bond donors (Lipinski definition) is 0.